The number of amides is 1. The van der Waals surface area contributed by atoms with E-state index in [-0.39, 0.29) is 16.6 Å². The largest absolute Gasteiger partial charge is 0.497 e. The lowest BCUT2D eigenvalue weighted by Gasteiger charge is -2.11. The number of anilines is 1. The van der Waals surface area contributed by atoms with Crippen LogP contribution < -0.4 is 10.1 Å². The zero-order valence-corrected chi connectivity index (χ0v) is 16.0. The molecule has 2 aromatic rings. The van der Waals surface area contributed by atoms with Crippen LogP contribution in [0.1, 0.15) is 24.0 Å². The number of hydrogen-bond acceptors (Lipinski definition) is 3. The minimum absolute atomic E-state index is 0.0413. The Morgan fingerprint density at radius 2 is 1.78 bits per heavy atom. The molecule has 0 bridgehead atoms. The summed E-state index contributed by atoms with van der Waals surface area (Å²) in [6.45, 7) is 0. The fourth-order valence-electron chi connectivity index (χ4n) is 2.38. The van der Waals surface area contributed by atoms with E-state index in [1.807, 2.05) is 24.3 Å². The summed E-state index contributed by atoms with van der Waals surface area (Å²) in [5.74, 6) is -0.743. The monoisotopic (exact) mass is 443 g/mol. The molecule has 0 unspecified atom stereocenters. The number of alkyl halides is 3. The second-order valence-electron chi connectivity index (χ2n) is 5.77. The van der Waals surface area contributed by atoms with Crippen molar-refractivity contribution in [3.63, 3.8) is 0 Å². The van der Waals surface area contributed by atoms with Crippen LogP contribution in [0.25, 0.3) is 0 Å². The Bertz CT molecular complexity index is 820. The van der Waals surface area contributed by atoms with Crippen molar-refractivity contribution in [1.29, 1.82) is 0 Å². The number of benzene rings is 2. The minimum Gasteiger partial charge on any atom is -0.497 e. The van der Waals surface area contributed by atoms with Gasteiger partial charge in [-0.05, 0) is 48.7 Å². The maximum Gasteiger partial charge on any atom is 0.417 e. The van der Waals surface area contributed by atoms with Gasteiger partial charge in [0.2, 0.25) is 5.78 Å². The molecule has 4 nitrogen and oxygen atoms in total. The first-order chi connectivity index (χ1) is 12.7. The average molecular weight is 444 g/mol. The number of carbonyl (C=O) groups is 2. The Morgan fingerprint density at radius 1 is 1.11 bits per heavy atom. The molecule has 0 spiro atoms. The Morgan fingerprint density at radius 3 is 2.33 bits per heavy atom. The van der Waals surface area contributed by atoms with Crippen LogP contribution >= 0.6 is 15.9 Å². The smallest absolute Gasteiger partial charge is 0.417 e. The van der Waals surface area contributed by atoms with Crippen LogP contribution in [-0.2, 0) is 22.2 Å². The summed E-state index contributed by atoms with van der Waals surface area (Å²) >= 11 is 2.82. The van der Waals surface area contributed by atoms with Crippen molar-refractivity contribution in [2.24, 2.45) is 0 Å². The molecule has 2 aromatic carbocycles. The molecule has 1 amide bonds. The predicted octanol–water partition coefficient (Wildman–Crippen LogP) is 5.01. The highest BCUT2D eigenvalue weighted by molar-refractivity contribution is 9.10. The number of ketones is 1. The summed E-state index contributed by atoms with van der Waals surface area (Å²) < 4.78 is 43.0. The number of aryl methyl sites for hydroxylation is 1. The SMILES string of the molecule is COc1ccc(CCCC(=O)C(=O)Nc2ccc(C(F)(F)F)c(Br)c2)cc1. The normalized spacial score (nSPS) is 11.1. The standard InChI is InChI=1S/C19H17BrF3NO3/c1-27-14-8-5-12(6-9-14)3-2-4-17(25)18(26)24-13-7-10-15(16(20)11-13)19(21,22)23/h5-11H,2-4H2,1H3,(H,24,26). The molecule has 0 radical (unpaired) electrons. The van der Waals surface area contributed by atoms with Crippen LogP contribution in [0.5, 0.6) is 5.75 Å². The number of nitrogens with one attached hydrogen (secondary N) is 1. The fourth-order valence-corrected chi connectivity index (χ4v) is 2.99. The number of carbonyl (C=O) groups excluding carboxylic acids is 2. The zero-order valence-electron chi connectivity index (χ0n) is 14.4. The molecule has 27 heavy (non-hydrogen) atoms. The molecule has 144 valence electrons. The lowest BCUT2D eigenvalue weighted by molar-refractivity contribution is -0.138. The predicted molar refractivity (Wildman–Crippen MR) is 98.7 cm³/mol. The van der Waals surface area contributed by atoms with Crippen molar-refractivity contribution in [1.82, 2.24) is 0 Å². The first kappa shape index (κ1) is 21.0. The maximum atomic E-state index is 12.7. The van der Waals surface area contributed by atoms with E-state index in [9.17, 15) is 22.8 Å². The third kappa shape index (κ3) is 6.09. The number of rotatable bonds is 7. The van der Waals surface area contributed by atoms with Gasteiger partial charge >= 0.3 is 6.18 Å². The Kier molecular flexibility index (Phi) is 7.01. The molecule has 2 rings (SSSR count). The minimum atomic E-state index is -4.50. The Labute approximate surface area is 162 Å². The van der Waals surface area contributed by atoms with Gasteiger partial charge in [-0.1, -0.05) is 28.1 Å². The summed E-state index contributed by atoms with van der Waals surface area (Å²) in [6.07, 6.45) is -3.36. The molecule has 8 heteroatoms. The molecule has 0 aliphatic carbocycles. The van der Waals surface area contributed by atoms with Crippen molar-refractivity contribution in [2.45, 2.75) is 25.4 Å². The number of ether oxygens (including phenoxy) is 1. The molecule has 0 aliphatic rings. The van der Waals surface area contributed by atoms with Gasteiger partial charge in [0.25, 0.3) is 5.91 Å². The molecule has 0 heterocycles. The first-order valence-electron chi connectivity index (χ1n) is 8.04. The highest BCUT2D eigenvalue weighted by Crippen LogP contribution is 2.36. The quantitative estimate of drug-likeness (QED) is 0.612. The third-order valence-corrected chi connectivity index (χ3v) is 4.47. The zero-order chi connectivity index (χ0) is 20.0. The molecule has 0 saturated heterocycles. The van der Waals surface area contributed by atoms with Gasteiger partial charge in [0.1, 0.15) is 5.75 Å². The molecule has 0 saturated carbocycles. The number of Topliss-reactive ketones (excluding diaryl/α,β-unsaturated/α-hetero) is 1. The Hall–Kier alpha value is -2.35. The van der Waals surface area contributed by atoms with Crippen molar-refractivity contribution >= 4 is 33.3 Å². The summed E-state index contributed by atoms with van der Waals surface area (Å²) in [5.41, 5.74) is 0.269. The Balaban J connectivity index is 1.86. The average Bonchev–Trinajstić information content (AvgIpc) is 2.61. The number of methoxy groups -OCH3 is 1. The molecule has 0 fully saturated rings. The summed E-state index contributed by atoms with van der Waals surface area (Å²) in [5, 5.41) is 2.32. The molecular weight excluding hydrogens is 427 g/mol. The summed E-state index contributed by atoms with van der Waals surface area (Å²) in [7, 11) is 1.57. The van der Waals surface area contributed by atoms with Gasteiger partial charge in [-0.15, -0.1) is 0 Å². The van der Waals surface area contributed by atoms with Gasteiger partial charge in [-0.25, -0.2) is 0 Å². The van der Waals surface area contributed by atoms with Crippen molar-refractivity contribution in [3.05, 3.63) is 58.1 Å². The van der Waals surface area contributed by atoms with Crippen molar-refractivity contribution < 1.29 is 27.5 Å². The van der Waals surface area contributed by atoms with Crippen molar-refractivity contribution in [3.8, 4) is 5.75 Å². The maximum absolute atomic E-state index is 12.7. The molecule has 0 aliphatic heterocycles. The van der Waals surface area contributed by atoms with E-state index in [4.69, 9.17) is 4.74 Å². The highest BCUT2D eigenvalue weighted by atomic mass is 79.9. The topological polar surface area (TPSA) is 55.4 Å². The molecule has 0 aromatic heterocycles. The highest BCUT2D eigenvalue weighted by Gasteiger charge is 2.32. The van der Waals surface area contributed by atoms with E-state index in [2.05, 4.69) is 21.2 Å². The molecule has 0 atom stereocenters. The van der Waals surface area contributed by atoms with Crippen LogP contribution in [0.15, 0.2) is 46.9 Å². The summed E-state index contributed by atoms with van der Waals surface area (Å²) in [6, 6.07) is 10.4. The lowest BCUT2D eigenvalue weighted by Crippen LogP contribution is -2.22. The van der Waals surface area contributed by atoms with E-state index >= 15 is 0 Å². The van der Waals surface area contributed by atoms with E-state index in [0.717, 1.165) is 29.5 Å². The molecular formula is C19H17BrF3NO3. The van der Waals surface area contributed by atoms with E-state index in [1.54, 1.807) is 7.11 Å². The van der Waals surface area contributed by atoms with Gasteiger partial charge in [0, 0.05) is 16.6 Å². The third-order valence-electron chi connectivity index (χ3n) is 3.81. The van der Waals surface area contributed by atoms with Gasteiger partial charge in [0.05, 0.1) is 12.7 Å². The second-order valence-corrected chi connectivity index (χ2v) is 6.63. The van der Waals surface area contributed by atoms with Gasteiger partial charge in [0.15, 0.2) is 0 Å². The van der Waals surface area contributed by atoms with Crippen LogP contribution in [0.2, 0.25) is 0 Å². The van der Waals surface area contributed by atoms with Crippen molar-refractivity contribution in [2.75, 3.05) is 12.4 Å². The van der Waals surface area contributed by atoms with E-state index in [1.165, 1.54) is 0 Å². The number of halogens is 4. The second kappa shape index (κ2) is 9.03. The number of hydrogen-bond donors (Lipinski definition) is 1. The van der Waals surface area contributed by atoms with E-state index in [0.29, 0.717) is 12.8 Å². The fraction of sp³-hybridized carbons (Fsp3) is 0.263. The van der Waals surface area contributed by atoms with Gasteiger partial charge < -0.3 is 10.1 Å². The van der Waals surface area contributed by atoms with Crippen LogP contribution in [-0.4, -0.2) is 18.8 Å². The molecule has 1 N–H and O–H groups in total. The van der Waals surface area contributed by atoms with Gasteiger partial charge in [-0.2, -0.15) is 13.2 Å². The van der Waals surface area contributed by atoms with E-state index < -0.39 is 23.4 Å². The summed E-state index contributed by atoms with van der Waals surface area (Å²) in [4.78, 5) is 23.8. The van der Waals surface area contributed by atoms with Gasteiger partial charge in [-0.3, -0.25) is 9.59 Å². The van der Waals surface area contributed by atoms with Crippen LogP contribution in [0, 0.1) is 0 Å². The van der Waals surface area contributed by atoms with Crippen LogP contribution in [0.4, 0.5) is 18.9 Å². The van der Waals surface area contributed by atoms with Crippen LogP contribution in [0.3, 0.4) is 0 Å². The lowest BCUT2D eigenvalue weighted by atomic mass is 10.1. The first-order valence-corrected chi connectivity index (χ1v) is 8.84.